The van der Waals surface area contributed by atoms with Gasteiger partial charge in [0.1, 0.15) is 5.75 Å². The van der Waals surface area contributed by atoms with Gasteiger partial charge in [0, 0.05) is 18.0 Å². The first kappa shape index (κ1) is 13.9. The lowest BCUT2D eigenvalue weighted by atomic mass is 9.70. The fourth-order valence-corrected chi connectivity index (χ4v) is 4.35. The molecule has 2 heteroatoms. The fraction of sp³-hybridized carbons (Fsp3) is 0.667. The molecule has 2 nitrogen and oxygen atoms in total. The van der Waals surface area contributed by atoms with Crippen LogP contribution in [-0.4, -0.2) is 6.61 Å². The van der Waals surface area contributed by atoms with Crippen LogP contribution in [-0.2, 0) is 6.42 Å². The normalized spacial score (nSPS) is 21.8. The fourth-order valence-electron chi connectivity index (χ4n) is 4.35. The first-order chi connectivity index (χ1) is 9.62. The van der Waals surface area contributed by atoms with Crippen LogP contribution in [0.1, 0.15) is 63.1 Å². The smallest absolute Gasteiger partial charge is 0.127 e. The van der Waals surface area contributed by atoms with Gasteiger partial charge in [0.05, 0.1) is 6.61 Å². The van der Waals surface area contributed by atoms with Gasteiger partial charge in [0.15, 0.2) is 0 Å². The Morgan fingerprint density at radius 1 is 1.25 bits per heavy atom. The molecule has 1 aromatic rings. The number of para-hydroxylation sites is 1. The minimum atomic E-state index is 0.125. The number of nitrogens with two attached hydrogens (primary N) is 1. The van der Waals surface area contributed by atoms with Crippen LogP contribution in [0.25, 0.3) is 0 Å². The Morgan fingerprint density at radius 3 is 2.70 bits per heavy atom. The standard InChI is InChI=1S/C18H27NO/c1-13(2)12-18(9-3-4-10-18)17(19)15-7-5-6-14-8-11-20-16(14)15/h5-7,13,17H,3-4,8-12,19H2,1-2H3. The molecule has 1 heterocycles. The Hall–Kier alpha value is -1.02. The average Bonchev–Trinajstić information content (AvgIpc) is 3.05. The van der Waals surface area contributed by atoms with Crippen LogP contribution in [0, 0.1) is 11.3 Å². The summed E-state index contributed by atoms with van der Waals surface area (Å²) in [5.74, 6) is 1.80. The quantitative estimate of drug-likeness (QED) is 0.891. The first-order valence-corrected chi connectivity index (χ1v) is 8.12. The van der Waals surface area contributed by atoms with Crippen molar-refractivity contribution < 1.29 is 4.74 Å². The number of ether oxygens (including phenoxy) is 1. The highest BCUT2D eigenvalue weighted by atomic mass is 16.5. The molecular formula is C18H27NO. The minimum Gasteiger partial charge on any atom is -0.493 e. The molecule has 2 N–H and O–H groups in total. The predicted molar refractivity (Wildman–Crippen MR) is 82.9 cm³/mol. The van der Waals surface area contributed by atoms with E-state index in [2.05, 4.69) is 32.0 Å². The van der Waals surface area contributed by atoms with Crippen molar-refractivity contribution in [2.75, 3.05) is 6.61 Å². The van der Waals surface area contributed by atoms with Crippen molar-refractivity contribution in [1.29, 1.82) is 0 Å². The van der Waals surface area contributed by atoms with E-state index in [4.69, 9.17) is 10.5 Å². The molecule has 1 saturated carbocycles. The van der Waals surface area contributed by atoms with Crippen molar-refractivity contribution in [1.82, 2.24) is 0 Å². The van der Waals surface area contributed by atoms with Crippen molar-refractivity contribution in [3.05, 3.63) is 29.3 Å². The van der Waals surface area contributed by atoms with E-state index in [1.807, 2.05) is 0 Å². The van der Waals surface area contributed by atoms with Crippen LogP contribution < -0.4 is 10.5 Å². The predicted octanol–water partition coefficient (Wildman–Crippen LogP) is 4.23. The lowest BCUT2D eigenvalue weighted by Crippen LogP contribution is -2.33. The number of fused-ring (bicyclic) bond motifs is 1. The van der Waals surface area contributed by atoms with Crippen LogP contribution in [0.3, 0.4) is 0 Å². The molecule has 0 aromatic heterocycles. The Morgan fingerprint density at radius 2 is 2.00 bits per heavy atom. The molecular weight excluding hydrogens is 246 g/mol. The molecule has 110 valence electrons. The van der Waals surface area contributed by atoms with Gasteiger partial charge in [-0.1, -0.05) is 44.9 Å². The van der Waals surface area contributed by atoms with Gasteiger partial charge in [-0.25, -0.2) is 0 Å². The lowest BCUT2D eigenvalue weighted by molar-refractivity contribution is 0.180. The molecule has 1 aromatic carbocycles. The molecule has 0 saturated heterocycles. The minimum absolute atomic E-state index is 0.125. The summed E-state index contributed by atoms with van der Waals surface area (Å²) in [5.41, 5.74) is 9.66. The maximum absolute atomic E-state index is 6.78. The summed E-state index contributed by atoms with van der Waals surface area (Å²) in [4.78, 5) is 0. The van der Waals surface area contributed by atoms with Crippen molar-refractivity contribution in [3.63, 3.8) is 0 Å². The largest absolute Gasteiger partial charge is 0.493 e. The van der Waals surface area contributed by atoms with Gasteiger partial charge in [-0.3, -0.25) is 0 Å². The van der Waals surface area contributed by atoms with Gasteiger partial charge in [0.25, 0.3) is 0 Å². The highest BCUT2D eigenvalue weighted by molar-refractivity contribution is 5.46. The number of benzene rings is 1. The van der Waals surface area contributed by atoms with Crippen LogP contribution >= 0.6 is 0 Å². The highest BCUT2D eigenvalue weighted by Gasteiger charge is 2.41. The van der Waals surface area contributed by atoms with Crippen LogP contribution in [0.15, 0.2) is 18.2 Å². The third-order valence-electron chi connectivity index (χ3n) is 5.15. The Labute approximate surface area is 122 Å². The molecule has 1 atom stereocenters. The third-order valence-corrected chi connectivity index (χ3v) is 5.15. The molecule has 2 aliphatic rings. The SMILES string of the molecule is CC(C)CC1(C(N)c2cccc3c2OCC3)CCCC1. The zero-order valence-corrected chi connectivity index (χ0v) is 12.8. The highest BCUT2D eigenvalue weighted by Crippen LogP contribution is 2.52. The second-order valence-corrected chi connectivity index (χ2v) is 7.08. The lowest BCUT2D eigenvalue weighted by Gasteiger charge is -2.37. The molecule has 1 unspecified atom stereocenters. The summed E-state index contributed by atoms with van der Waals surface area (Å²) < 4.78 is 5.88. The molecule has 3 rings (SSSR count). The van der Waals surface area contributed by atoms with E-state index in [9.17, 15) is 0 Å². The van der Waals surface area contributed by atoms with Gasteiger partial charge >= 0.3 is 0 Å². The van der Waals surface area contributed by atoms with Crippen molar-refractivity contribution >= 4 is 0 Å². The molecule has 0 amide bonds. The summed E-state index contributed by atoms with van der Waals surface area (Å²) >= 11 is 0. The summed E-state index contributed by atoms with van der Waals surface area (Å²) in [6.45, 7) is 5.45. The van der Waals surface area contributed by atoms with Crippen LogP contribution in [0.2, 0.25) is 0 Å². The summed E-state index contributed by atoms with van der Waals surface area (Å²) in [7, 11) is 0. The second-order valence-electron chi connectivity index (χ2n) is 7.08. The Kier molecular flexibility index (Phi) is 3.76. The molecule has 20 heavy (non-hydrogen) atoms. The summed E-state index contributed by atoms with van der Waals surface area (Å²) in [5, 5.41) is 0. The van der Waals surface area contributed by atoms with Crippen molar-refractivity contribution in [3.8, 4) is 5.75 Å². The second kappa shape index (κ2) is 5.40. The topological polar surface area (TPSA) is 35.2 Å². The summed E-state index contributed by atoms with van der Waals surface area (Å²) in [6.07, 6.45) is 7.48. The van der Waals surface area contributed by atoms with E-state index in [1.165, 1.54) is 43.2 Å². The summed E-state index contributed by atoms with van der Waals surface area (Å²) in [6, 6.07) is 6.65. The van der Waals surface area contributed by atoms with Gasteiger partial charge in [-0.15, -0.1) is 0 Å². The van der Waals surface area contributed by atoms with E-state index in [-0.39, 0.29) is 11.5 Å². The number of hydrogen-bond acceptors (Lipinski definition) is 2. The molecule has 0 spiro atoms. The van der Waals surface area contributed by atoms with E-state index < -0.39 is 0 Å². The van der Waals surface area contributed by atoms with E-state index in [1.54, 1.807) is 0 Å². The maximum atomic E-state index is 6.78. The zero-order chi connectivity index (χ0) is 14.2. The maximum Gasteiger partial charge on any atom is 0.127 e. The molecule has 1 aliphatic heterocycles. The molecule has 0 bridgehead atoms. The monoisotopic (exact) mass is 273 g/mol. The van der Waals surface area contributed by atoms with Gasteiger partial charge in [-0.05, 0) is 36.2 Å². The molecule has 0 radical (unpaired) electrons. The third kappa shape index (κ3) is 2.35. The Balaban J connectivity index is 1.94. The first-order valence-electron chi connectivity index (χ1n) is 8.12. The molecule has 1 fully saturated rings. The van der Waals surface area contributed by atoms with Crippen molar-refractivity contribution in [2.45, 2.75) is 58.4 Å². The van der Waals surface area contributed by atoms with Gasteiger partial charge < -0.3 is 10.5 Å². The average molecular weight is 273 g/mol. The van der Waals surface area contributed by atoms with E-state index in [0.717, 1.165) is 18.8 Å². The molecule has 1 aliphatic carbocycles. The van der Waals surface area contributed by atoms with Crippen LogP contribution in [0.5, 0.6) is 5.75 Å². The Bertz CT molecular complexity index is 474. The van der Waals surface area contributed by atoms with Gasteiger partial charge in [0.2, 0.25) is 0 Å². The van der Waals surface area contributed by atoms with E-state index >= 15 is 0 Å². The number of rotatable bonds is 4. The zero-order valence-electron chi connectivity index (χ0n) is 12.8. The number of hydrogen-bond donors (Lipinski definition) is 1. The van der Waals surface area contributed by atoms with Gasteiger partial charge in [-0.2, -0.15) is 0 Å². The van der Waals surface area contributed by atoms with E-state index in [0.29, 0.717) is 5.92 Å². The van der Waals surface area contributed by atoms with Crippen LogP contribution in [0.4, 0.5) is 0 Å². The van der Waals surface area contributed by atoms with Crippen molar-refractivity contribution in [2.24, 2.45) is 17.1 Å².